The monoisotopic (exact) mass is 240 g/mol. The van der Waals surface area contributed by atoms with Crippen LogP contribution in [0.25, 0.3) is 11.1 Å². The fourth-order valence-electron chi connectivity index (χ4n) is 1.16. The van der Waals surface area contributed by atoms with Gasteiger partial charge in [0.25, 0.3) is 0 Å². The smallest absolute Gasteiger partial charge is 0.132 e. The van der Waals surface area contributed by atoms with Crippen molar-refractivity contribution in [1.82, 2.24) is 10.2 Å². The van der Waals surface area contributed by atoms with Gasteiger partial charge in [-0.15, -0.1) is 0 Å². The van der Waals surface area contributed by atoms with Crippen molar-refractivity contribution in [3.63, 3.8) is 0 Å². The first-order valence-electron chi connectivity index (χ1n) is 3.72. The van der Waals surface area contributed by atoms with E-state index < -0.39 is 0 Å². The van der Waals surface area contributed by atoms with Gasteiger partial charge >= 0.3 is 0 Å². The molecule has 0 aliphatic heterocycles. The highest BCUT2D eigenvalue weighted by Crippen LogP contribution is 2.29. The van der Waals surface area contributed by atoms with E-state index in [1.165, 1.54) is 6.07 Å². The first-order chi connectivity index (χ1) is 6.29. The number of aromatic nitrogens is 2. The summed E-state index contributed by atoms with van der Waals surface area (Å²) >= 11 is 3.29. The molecule has 0 unspecified atom stereocenters. The molecule has 1 N–H and O–H groups in total. The summed E-state index contributed by atoms with van der Waals surface area (Å²) in [6.45, 7) is 0. The maximum absolute atomic E-state index is 13.3. The number of nitrogens with one attached hydrogen (secondary N) is 1. The highest BCUT2D eigenvalue weighted by Gasteiger charge is 2.08. The molecule has 0 aliphatic carbocycles. The van der Waals surface area contributed by atoms with Gasteiger partial charge in [0, 0.05) is 21.8 Å². The van der Waals surface area contributed by atoms with Gasteiger partial charge in [-0.05, 0) is 12.1 Å². The van der Waals surface area contributed by atoms with Gasteiger partial charge in [-0.2, -0.15) is 5.10 Å². The zero-order valence-electron chi connectivity index (χ0n) is 6.59. The number of H-pyrrole nitrogens is 1. The average Bonchev–Trinajstić information content (AvgIpc) is 2.57. The van der Waals surface area contributed by atoms with Crippen molar-refractivity contribution in [2.45, 2.75) is 0 Å². The molecule has 0 fully saturated rings. The van der Waals surface area contributed by atoms with E-state index in [1.54, 1.807) is 24.5 Å². The molecule has 4 heteroatoms. The van der Waals surface area contributed by atoms with Gasteiger partial charge in [-0.3, -0.25) is 5.10 Å². The average molecular weight is 241 g/mol. The minimum Gasteiger partial charge on any atom is -0.285 e. The fraction of sp³-hybridized carbons (Fsp3) is 0. The molecule has 0 spiro atoms. The Balaban J connectivity index is 2.64. The zero-order valence-corrected chi connectivity index (χ0v) is 8.18. The molecule has 0 amide bonds. The van der Waals surface area contributed by atoms with Crippen LogP contribution in [0.1, 0.15) is 0 Å². The Bertz CT molecular complexity index is 391. The number of halogens is 2. The number of rotatable bonds is 1. The molecule has 66 valence electrons. The third-order valence-electron chi connectivity index (χ3n) is 1.75. The zero-order chi connectivity index (χ0) is 9.26. The van der Waals surface area contributed by atoms with E-state index in [-0.39, 0.29) is 5.82 Å². The molecule has 1 heterocycles. The van der Waals surface area contributed by atoms with Crippen LogP contribution < -0.4 is 0 Å². The molecular formula is C9H6BrFN2. The molecular weight excluding hydrogens is 235 g/mol. The van der Waals surface area contributed by atoms with E-state index in [0.717, 1.165) is 10.0 Å². The van der Waals surface area contributed by atoms with Gasteiger partial charge in [0.05, 0.1) is 6.20 Å². The maximum atomic E-state index is 13.3. The Morgan fingerprint density at radius 1 is 1.38 bits per heavy atom. The lowest BCUT2D eigenvalue weighted by Crippen LogP contribution is -1.83. The van der Waals surface area contributed by atoms with Gasteiger partial charge in [0.2, 0.25) is 0 Å². The lowest BCUT2D eigenvalue weighted by atomic mass is 10.1. The highest BCUT2D eigenvalue weighted by molar-refractivity contribution is 9.10. The number of hydrogen-bond donors (Lipinski definition) is 1. The summed E-state index contributed by atoms with van der Waals surface area (Å²) in [5, 5.41) is 6.41. The van der Waals surface area contributed by atoms with E-state index in [9.17, 15) is 4.39 Å². The Labute approximate surface area is 82.9 Å². The molecule has 0 atom stereocenters. The molecule has 0 radical (unpaired) electrons. The van der Waals surface area contributed by atoms with Crippen molar-refractivity contribution in [2.75, 3.05) is 0 Å². The topological polar surface area (TPSA) is 28.7 Å². The molecule has 1 aromatic carbocycles. The second kappa shape index (κ2) is 3.30. The third kappa shape index (κ3) is 1.49. The minimum atomic E-state index is -0.254. The van der Waals surface area contributed by atoms with Crippen LogP contribution in [0, 0.1) is 5.82 Å². The van der Waals surface area contributed by atoms with Gasteiger partial charge in [0.15, 0.2) is 0 Å². The standard InChI is InChI=1S/C9H6BrFN2/c10-7-2-1-3-8(11)9(7)6-4-12-13-5-6/h1-5H,(H,12,13). The lowest BCUT2D eigenvalue weighted by molar-refractivity contribution is 0.630. The molecule has 0 bridgehead atoms. The normalized spacial score (nSPS) is 10.3. The number of benzene rings is 1. The molecule has 0 saturated carbocycles. The lowest BCUT2D eigenvalue weighted by Gasteiger charge is -2.01. The van der Waals surface area contributed by atoms with Crippen LogP contribution in [0.4, 0.5) is 4.39 Å². The molecule has 0 saturated heterocycles. The van der Waals surface area contributed by atoms with E-state index >= 15 is 0 Å². The molecule has 1 aromatic heterocycles. The summed E-state index contributed by atoms with van der Waals surface area (Å²) in [4.78, 5) is 0. The summed E-state index contributed by atoms with van der Waals surface area (Å²) in [5.74, 6) is -0.254. The summed E-state index contributed by atoms with van der Waals surface area (Å²) < 4.78 is 14.1. The SMILES string of the molecule is Fc1cccc(Br)c1-c1cn[nH]c1. The van der Waals surface area contributed by atoms with Crippen LogP contribution in [-0.4, -0.2) is 10.2 Å². The first kappa shape index (κ1) is 8.44. The minimum absolute atomic E-state index is 0.254. The van der Waals surface area contributed by atoms with Crippen LogP contribution in [0.15, 0.2) is 35.1 Å². The molecule has 13 heavy (non-hydrogen) atoms. The van der Waals surface area contributed by atoms with Crippen LogP contribution in [0.3, 0.4) is 0 Å². The van der Waals surface area contributed by atoms with Crippen LogP contribution in [-0.2, 0) is 0 Å². The molecule has 2 aromatic rings. The number of nitrogens with zero attached hydrogens (tertiary/aromatic N) is 1. The Morgan fingerprint density at radius 2 is 2.23 bits per heavy atom. The van der Waals surface area contributed by atoms with Gasteiger partial charge in [-0.1, -0.05) is 22.0 Å². The fourth-order valence-corrected chi connectivity index (χ4v) is 1.73. The quantitative estimate of drug-likeness (QED) is 0.816. The maximum Gasteiger partial charge on any atom is 0.132 e. The van der Waals surface area contributed by atoms with E-state index in [1.807, 2.05) is 0 Å². The number of aromatic amines is 1. The van der Waals surface area contributed by atoms with Gasteiger partial charge in [0.1, 0.15) is 5.82 Å². The largest absolute Gasteiger partial charge is 0.285 e. The van der Waals surface area contributed by atoms with Crippen LogP contribution in [0.2, 0.25) is 0 Å². The van der Waals surface area contributed by atoms with Crippen LogP contribution >= 0.6 is 15.9 Å². The highest BCUT2D eigenvalue weighted by atomic mass is 79.9. The molecule has 2 rings (SSSR count). The predicted octanol–water partition coefficient (Wildman–Crippen LogP) is 2.98. The van der Waals surface area contributed by atoms with Crippen molar-refractivity contribution >= 4 is 15.9 Å². The van der Waals surface area contributed by atoms with Gasteiger partial charge < -0.3 is 0 Å². The second-order valence-corrected chi connectivity index (χ2v) is 3.44. The Kier molecular flexibility index (Phi) is 2.14. The predicted molar refractivity (Wildman–Crippen MR) is 51.7 cm³/mol. The number of hydrogen-bond acceptors (Lipinski definition) is 1. The Hall–Kier alpha value is -1.16. The van der Waals surface area contributed by atoms with E-state index in [0.29, 0.717) is 5.56 Å². The van der Waals surface area contributed by atoms with Crippen molar-refractivity contribution in [2.24, 2.45) is 0 Å². The molecule has 0 aliphatic rings. The summed E-state index contributed by atoms with van der Waals surface area (Å²) in [7, 11) is 0. The first-order valence-corrected chi connectivity index (χ1v) is 4.51. The van der Waals surface area contributed by atoms with Crippen molar-refractivity contribution in [3.05, 3.63) is 40.9 Å². The van der Waals surface area contributed by atoms with Crippen molar-refractivity contribution in [1.29, 1.82) is 0 Å². The summed E-state index contributed by atoms with van der Waals surface area (Å²) in [6, 6.07) is 4.88. The van der Waals surface area contributed by atoms with E-state index in [4.69, 9.17) is 0 Å². The van der Waals surface area contributed by atoms with Gasteiger partial charge in [-0.25, -0.2) is 4.39 Å². The van der Waals surface area contributed by atoms with Crippen LogP contribution in [0.5, 0.6) is 0 Å². The summed E-state index contributed by atoms with van der Waals surface area (Å²) in [5.41, 5.74) is 1.28. The van der Waals surface area contributed by atoms with Crippen molar-refractivity contribution < 1.29 is 4.39 Å². The second-order valence-electron chi connectivity index (χ2n) is 2.58. The molecule has 2 nitrogen and oxygen atoms in total. The van der Waals surface area contributed by atoms with E-state index in [2.05, 4.69) is 26.1 Å². The third-order valence-corrected chi connectivity index (χ3v) is 2.41. The summed E-state index contributed by atoms with van der Waals surface area (Å²) in [6.07, 6.45) is 3.24. The Morgan fingerprint density at radius 3 is 2.85 bits per heavy atom. The van der Waals surface area contributed by atoms with Crippen molar-refractivity contribution in [3.8, 4) is 11.1 Å².